The number of rotatable bonds is 4. The van der Waals surface area contributed by atoms with Crippen molar-refractivity contribution in [1.82, 2.24) is 9.88 Å². The van der Waals surface area contributed by atoms with Gasteiger partial charge in [-0.15, -0.1) is 0 Å². The summed E-state index contributed by atoms with van der Waals surface area (Å²) in [6.07, 6.45) is -8.45. The van der Waals surface area contributed by atoms with E-state index in [1.165, 1.54) is 18.2 Å². The largest absolute Gasteiger partial charge is 0.418 e. The third-order valence-corrected chi connectivity index (χ3v) is 5.46. The number of aromatic nitrogens is 1. The number of nitrogens with one attached hydrogen (secondary N) is 1. The second-order valence-corrected chi connectivity index (χ2v) is 7.67. The highest BCUT2D eigenvalue weighted by Crippen LogP contribution is 2.35. The lowest BCUT2D eigenvalue weighted by atomic mass is 10.1. The molecule has 1 fully saturated rings. The molecule has 2 heterocycles. The van der Waals surface area contributed by atoms with Crippen molar-refractivity contribution in [3.05, 3.63) is 52.7 Å². The number of hydrogen-bond donors (Lipinski definition) is 1. The molecular weight excluding hydrogens is 462 g/mol. The van der Waals surface area contributed by atoms with Gasteiger partial charge in [0.1, 0.15) is 5.82 Å². The van der Waals surface area contributed by atoms with E-state index in [9.17, 15) is 31.1 Å². The molecule has 32 heavy (non-hydrogen) atoms. The van der Waals surface area contributed by atoms with Gasteiger partial charge in [-0.1, -0.05) is 23.7 Å². The number of nitrogens with zero attached hydrogens (tertiary/aromatic N) is 3. The van der Waals surface area contributed by atoms with E-state index in [0.29, 0.717) is 32.4 Å². The minimum Gasteiger partial charge on any atom is -0.353 e. The third-order valence-electron chi connectivity index (χ3n) is 5.18. The number of hydrogen-bond acceptors (Lipinski definition) is 4. The molecule has 12 heteroatoms. The summed E-state index contributed by atoms with van der Waals surface area (Å²) in [7, 11) is 0. The normalized spacial score (nSPS) is 16.7. The summed E-state index contributed by atoms with van der Waals surface area (Å²) in [5, 5.41) is 2.20. The smallest absolute Gasteiger partial charge is 0.353 e. The Morgan fingerprint density at radius 2 is 1.69 bits per heavy atom. The van der Waals surface area contributed by atoms with Crippen molar-refractivity contribution < 1.29 is 31.1 Å². The second-order valence-electron chi connectivity index (χ2n) is 7.26. The van der Waals surface area contributed by atoms with Crippen LogP contribution in [0.25, 0.3) is 0 Å². The van der Waals surface area contributed by atoms with Gasteiger partial charge in [0.05, 0.1) is 27.9 Å². The van der Waals surface area contributed by atoms with Crippen LogP contribution in [0.1, 0.15) is 18.1 Å². The number of pyridine rings is 1. The molecule has 2 aromatic rings. The second kappa shape index (κ2) is 9.14. The van der Waals surface area contributed by atoms with Crippen molar-refractivity contribution in [2.24, 2.45) is 0 Å². The Bertz CT molecular complexity index is 973. The van der Waals surface area contributed by atoms with Gasteiger partial charge in [0.2, 0.25) is 5.91 Å². The lowest BCUT2D eigenvalue weighted by molar-refractivity contribution is -0.138. The van der Waals surface area contributed by atoms with Gasteiger partial charge in [-0.05, 0) is 25.1 Å². The van der Waals surface area contributed by atoms with Crippen LogP contribution in [0.4, 0.5) is 37.8 Å². The molecule has 1 aromatic heterocycles. The number of amides is 1. The quantitative estimate of drug-likeness (QED) is 0.631. The van der Waals surface area contributed by atoms with E-state index in [1.807, 2.05) is 0 Å². The van der Waals surface area contributed by atoms with Gasteiger partial charge in [0, 0.05) is 32.4 Å². The highest BCUT2D eigenvalue weighted by Gasteiger charge is 2.35. The number of piperazine rings is 1. The highest BCUT2D eigenvalue weighted by atomic mass is 35.5. The zero-order valence-corrected chi connectivity index (χ0v) is 17.5. The molecule has 0 spiro atoms. The van der Waals surface area contributed by atoms with Gasteiger partial charge >= 0.3 is 12.4 Å². The first-order valence-corrected chi connectivity index (χ1v) is 9.94. The van der Waals surface area contributed by atoms with Gasteiger partial charge in [-0.3, -0.25) is 9.69 Å². The maximum atomic E-state index is 13.1. The average molecular weight is 481 g/mol. The lowest BCUT2D eigenvalue weighted by Crippen LogP contribution is -2.53. The Balaban J connectivity index is 1.63. The fourth-order valence-electron chi connectivity index (χ4n) is 3.38. The zero-order chi connectivity index (χ0) is 23.7. The van der Waals surface area contributed by atoms with Crippen LogP contribution in [0.5, 0.6) is 0 Å². The van der Waals surface area contributed by atoms with E-state index >= 15 is 0 Å². The van der Waals surface area contributed by atoms with Crippen LogP contribution >= 0.6 is 11.6 Å². The third kappa shape index (κ3) is 5.44. The van der Waals surface area contributed by atoms with Crippen LogP contribution in [0.2, 0.25) is 5.02 Å². The molecule has 5 nitrogen and oxygen atoms in total. The van der Waals surface area contributed by atoms with E-state index in [0.717, 1.165) is 12.1 Å². The Labute approximate surface area is 185 Å². The molecule has 1 saturated heterocycles. The predicted octanol–water partition coefficient (Wildman–Crippen LogP) is 4.92. The number of benzene rings is 1. The molecule has 0 radical (unpaired) electrons. The van der Waals surface area contributed by atoms with Gasteiger partial charge in [0.15, 0.2) is 0 Å². The standard InChI is InChI=1S/C20H19ClF6N4O/c1-12(18(32)29-16-5-3-2-4-14(16)20(25,26)27)30-6-8-31(9-7-30)17-15(21)10-13(11-28-17)19(22,23)24/h2-5,10-12H,6-9H2,1H3,(H,29,32). The topological polar surface area (TPSA) is 48.5 Å². The summed E-state index contributed by atoms with van der Waals surface area (Å²) >= 11 is 5.99. The number of halogens is 7. The minimum atomic E-state index is -4.60. The van der Waals surface area contributed by atoms with E-state index in [4.69, 9.17) is 11.6 Å². The lowest BCUT2D eigenvalue weighted by Gasteiger charge is -2.38. The number of anilines is 2. The molecule has 1 unspecified atom stereocenters. The highest BCUT2D eigenvalue weighted by molar-refractivity contribution is 6.33. The molecule has 3 rings (SSSR count). The van der Waals surface area contributed by atoms with Gasteiger partial charge < -0.3 is 10.2 Å². The van der Waals surface area contributed by atoms with Crippen LogP contribution in [0.15, 0.2) is 36.5 Å². The van der Waals surface area contributed by atoms with Gasteiger partial charge in [-0.2, -0.15) is 26.3 Å². The zero-order valence-electron chi connectivity index (χ0n) is 16.8. The molecule has 174 valence electrons. The number of carbonyl (C=O) groups is 1. The first-order valence-electron chi connectivity index (χ1n) is 9.56. The van der Waals surface area contributed by atoms with Crippen molar-refractivity contribution in [2.45, 2.75) is 25.3 Å². The molecule has 0 saturated carbocycles. The fourth-order valence-corrected chi connectivity index (χ4v) is 3.67. The SMILES string of the molecule is CC(C(=O)Nc1ccccc1C(F)(F)F)N1CCN(c2ncc(C(F)(F)F)cc2Cl)CC1. The summed E-state index contributed by atoms with van der Waals surface area (Å²) in [6.45, 7) is 2.91. The Morgan fingerprint density at radius 3 is 2.25 bits per heavy atom. The van der Waals surface area contributed by atoms with Crippen molar-refractivity contribution >= 4 is 29.0 Å². The predicted molar refractivity (Wildman–Crippen MR) is 108 cm³/mol. The molecule has 1 aromatic carbocycles. The maximum Gasteiger partial charge on any atom is 0.418 e. The van der Waals surface area contributed by atoms with Gasteiger partial charge in [-0.25, -0.2) is 4.98 Å². The number of alkyl halides is 6. The van der Waals surface area contributed by atoms with E-state index in [-0.39, 0.29) is 16.5 Å². The number of carbonyl (C=O) groups excluding carboxylic acids is 1. The van der Waals surface area contributed by atoms with E-state index in [1.54, 1.807) is 16.7 Å². The van der Waals surface area contributed by atoms with Gasteiger partial charge in [0.25, 0.3) is 0 Å². The molecule has 1 atom stereocenters. The summed E-state index contributed by atoms with van der Waals surface area (Å²) in [4.78, 5) is 19.8. The summed E-state index contributed by atoms with van der Waals surface area (Å²) < 4.78 is 77.8. The fraction of sp³-hybridized carbons (Fsp3) is 0.400. The van der Waals surface area contributed by atoms with Crippen LogP contribution < -0.4 is 10.2 Å². The Hall–Kier alpha value is -2.53. The van der Waals surface area contributed by atoms with Crippen molar-refractivity contribution in [3.63, 3.8) is 0 Å². The molecule has 1 aliphatic rings. The Kier molecular flexibility index (Phi) is 6.89. The number of para-hydroxylation sites is 1. The summed E-state index contributed by atoms with van der Waals surface area (Å²) in [5.74, 6) is -0.392. The molecule has 1 aliphatic heterocycles. The minimum absolute atomic E-state index is 0.136. The van der Waals surface area contributed by atoms with Crippen LogP contribution in [-0.2, 0) is 17.1 Å². The molecular formula is C20H19ClF6N4O. The molecule has 0 bridgehead atoms. The van der Waals surface area contributed by atoms with Crippen LogP contribution in [0, 0.1) is 0 Å². The van der Waals surface area contributed by atoms with Crippen molar-refractivity contribution in [1.29, 1.82) is 0 Å². The van der Waals surface area contributed by atoms with E-state index in [2.05, 4.69) is 10.3 Å². The molecule has 1 amide bonds. The molecule has 0 aliphatic carbocycles. The van der Waals surface area contributed by atoms with Crippen LogP contribution in [0.3, 0.4) is 0 Å². The summed E-state index contributed by atoms with van der Waals surface area (Å²) in [6, 6.07) is 4.79. The molecule has 1 N–H and O–H groups in total. The first-order chi connectivity index (χ1) is 14.9. The average Bonchev–Trinajstić information content (AvgIpc) is 2.72. The van der Waals surface area contributed by atoms with Crippen molar-refractivity contribution in [2.75, 3.05) is 36.4 Å². The monoisotopic (exact) mass is 480 g/mol. The van der Waals surface area contributed by atoms with Crippen molar-refractivity contribution in [3.8, 4) is 0 Å². The van der Waals surface area contributed by atoms with E-state index < -0.39 is 35.4 Å². The summed E-state index contributed by atoms with van der Waals surface area (Å²) in [5.41, 5.74) is -2.21. The maximum absolute atomic E-state index is 13.1. The Morgan fingerprint density at radius 1 is 1.06 bits per heavy atom. The van der Waals surface area contributed by atoms with Crippen LogP contribution in [-0.4, -0.2) is 48.0 Å². The first kappa shape index (κ1) is 24.1.